The van der Waals surface area contributed by atoms with E-state index in [2.05, 4.69) is 0 Å². The van der Waals surface area contributed by atoms with E-state index in [1.54, 1.807) is 60.7 Å². The average molecular weight is 439 g/mol. The third-order valence-corrected chi connectivity index (χ3v) is 5.05. The fourth-order valence-corrected chi connectivity index (χ4v) is 3.26. The number of esters is 2. The van der Waals surface area contributed by atoms with Gasteiger partial charge >= 0.3 is 11.9 Å². The average Bonchev–Trinajstić information content (AvgIpc) is 3.15. The predicted octanol–water partition coefficient (Wildman–Crippen LogP) is 4.80. The molecule has 0 radical (unpaired) electrons. The Morgan fingerprint density at radius 3 is 1.91 bits per heavy atom. The van der Waals surface area contributed by atoms with Crippen LogP contribution in [0.3, 0.4) is 0 Å². The van der Waals surface area contributed by atoms with Gasteiger partial charge in [-0.05, 0) is 56.2 Å². The first-order valence-corrected chi connectivity index (χ1v) is 10.8. The SMILES string of the molecule is CC(C)C(/C=C\C(OC(=O)c1ccccc1)[C@H]1COC(C)(C)O1)OC(=O)c1ccccc1. The van der Waals surface area contributed by atoms with Crippen molar-refractivity contribution in [3.63, 3.8) is 0 Å². The second-order valence-corrected chi connectivity index (χ2v) is 8.47. The maximum Gasteiger partial charge on any atom is 0.338 e. The molecule has 32 heavy (non-hydrogen) atoms. The van der Waals surface area contributed by atoms with Crippen LogP contribution in [0.4, 0.5) is 0 Å². The van der Waals surface area contributed by atoms with Gasteiger partial charge in [0.25, 0.3) is 0 Å². The highest BCUT2D eigenvalue weighted by Crippen LogP contribution is 2.27. The zero-order chi connectivity index (χ0) is 23.1. The van der Waals surface area contributed by atoms with Crippen molar-refractivity contribution >= 4 is 11.9 Å². The van der Waals surface area contributed by atoms with E-state index in [1.807, 2.05) is 39.8 Å². The molecular weight excluding hydrogens is 408 g/mol. The van der Waals surface area contributed by atoms with Crippen LogP contribution in [-0.2, 0) is 18.9 Å². The molecule has 0 aromatic heterocycles. The van der Waals surface area contributed by atoms with Gasteiger partial charge in [0.2, 0.25) is 0 Å². The summed E-state index contributed by atoms with van der Waals surface area (Å²) in [6, 6.07) is 17.6. The highest BCUT2D eigenvalue weighted by molar-refractivity contribution is 5.90. The molecule has 6 heteroatoms. The van der Waals surface area contributed by atoms with Crippen LogP contribution in [0.2, 0.25) is 0 Å². The van der Waals surface area contributed by atoms with Gasteiger partial charge in [-0.2, -0.15) is 0 Å². The lowest BCUT2D eigenvalue weighted by Crippen LogP contribution is -2.34. The van der Waals surface area contributed by atoms with E-state index in [1.165, 1.54) is 0 Å². The van der Waals surface area contributed by atoms with Gasteiger partial charge in [0, 0.05) is 0 Å². The van der Waals surface area contributed by atoms with E-state index >= 15 is 0 Å². The molecule has 1 saturated heterocycles. The minimum atomic E-state index is -0.771. The monoisotopic (exact) mass is 438 g/mol. The molecule has 2 unspecified atom stereocenters. The Kier molecular flexibility index (Phi) is 7.83. The largest absolute Gasteiger partial charge is 0.454 e. The zero-order valence-electron chi connectivity index (χ0n) is 18.9. The second-order valence-electron chi connectivity index (χ2n) is 8.47. The third kappa shape index (κ3) is 6.52. The predicted molar refractivity (Wildman–Crippen MR) is 120 cm³/mol. The van der Waals surface area contributed by atoms with E-state index in [9.17, 15) is 9.59 Å². The molecular formula is C26H30O6. The van der Waals surface area contributed by atoms with E-state index < -0.39 is 36.0 Å². The summed E-state index contributed by atoms with van der Waals surface area (Å²) in [7, 11) is 0. The zero-order valence-corrected chi connectivity index (χ0v) is 18.9. The van der Waals surface area contributed by atoms with Crippen LogP contribution in [0.1, 0.15) is 48.4 Å². The van der Waals surface area contributed by atoms with Crippen molar-refractivity contribution < 1.29 is 28.5 Å². The Bertz CT molecular complexity index is 920. The molecule has 6 nitrogen and oxygen atoms in total. The number of carbonyl (C=O) groups is 2. The van der Waals surface area contributed by atoms with E-state index in [-0.39, 0.29) is 12.5 Å². The van der Waals surface area contributed by atoms with Crippen molar-refractivity contribution in [3.8, 4) is 0 Å². The van der Waals surface area contributed by atoms with E-state index in [0.29, 0.717) is 11.1 Å². The van der Waals surface area contributed by atoms with Gasteiger partial charge in [0.15, 0.2) is 5.79 Å². The summed E-state index contributed by atoms with van der Waals surface area (Å²) in [5.41, 5.74) is 0.924. The molecule has 1 fully saturated rings. The summed E-state index contributed by atoms with van der Waals surface area (Å²) in [5, 5.41) is 0. The smallest absolute Gasteiger partial charge is 0.338 e. The van der Waals surface area contributed by atoms with E-state index in [0.717, 1.165) is 0 Å². The molecule has 1 aliphatic rings. The lowest BCUT2D eigenvalue weighted by atomic mass is 10.0. The molecule has 3 atom stereocenters. The highest BCUT2D eigenvalue weighted by atomic mass is 16.8. The quantitative estimate of drug-likeness (QED) is 0.435. The molecule has 0 aliphatic carbocycles. The number of ether oxygens (including phenoxy) is 4. The second kappa shape index (κ2) is 10.6. The Labute approximate surface area is 189 Å². The first-order chi connectivity index (χ1) is 15.2. The molecule has 1 aliphatic heterocycles. The van der Waals surface area contributed by atoms with Crippen molar-refractivity contribution in [1.29, 1.82) is 0 Å². The molecule has 0 N–H and O–H groups in total. The summed E-state index contributed by atoms with van der Waals surface area (Å²) in [6.45, 7) is 7.81. The first kappa shape index (κ1) is 23.7. The fourth-order valence-electron chi connectivity index (χ4n) is 3.26. The van der Waals surface area contributed by atoms with Gasteiger partial charge in [-0.1, -0.05) is 50.2 Å². The van der Waals surface area contributed by atoms with Gasteiger partial charge in [-0.15, -0.1) is 0 Å². The summed E-state index contributed by atoms with van der Waals surface area (Å²) in [4.78, 5) is 25.2. The Morgan fingerprint density at radius 1 is 0.906 bits per heavy atom. The molecule has 0 bridgehead atoms. The molecule has 1 heterocycles. The highest BCUT2D eigenvalue weighted by Gasteiger charge is 2.38. The van der Waals surface area contributed by atoms with Gasteiger partial charge in [-0.3, -0.25) is 0 Å². The molecule has 0 spiro atoms. The van der Waals surface area contributed by atoms with Gasteiger partial charge in [0.05, 0.1) is 17.7 Å². The minimum absolute atomic E-state index is 0.0153. The maximum absolute atomic E-state index is 12.7. The van der Waals surface area contributed by atoms with Crippen molar-refractivity contribution in [1.82, 2.24) is 0 Å². The van der Waals surface area contributed by atoms with Crippen molar-refractivity contribution in [2.75, 3.05) is 6.61 Å². The summed E-state index contributed by atoms with van der Waals surface area (Å²) in [5.74, 6) is -1.63. The van der Waals surface area contributed by atoms with Crippen LogP contribution in [0.15, 0.2) is 72.8 Å². The van der Waals surface area contributed by atoms with Crippen LogP contribution in [0.5, 0.6) is 0 Å². The van der Waals surface area contributed by atoms with Gasteiger partial charge < -0.3 is 18.9 Å². The summed E-state index contributed by atoms with van der Waals surface area (Å²) < 4.78 is 23.1. The molecule has 3 rings (SSSR count). The molecule has 170 valence electrons. The summed E-state index contributed by atoms with van der Waals surface area (Å²) in [6.07, 6.45) is 1.78. The Hall–Kier alpha value is -2.96. The van der Waals surface area contributed by atoms with Crippen molar-refractivity contribution in [2.24, 2.45) is 5.92 Å². The topological polar surface area (TPSA) is 71.1 Å². The molecule has 0 amide bonds. The molecule has 2 aromatic carbocycles. The summed E-state index contributed by atoms with van der Waals surface area (Å²) >= 11 is 0. The van der Waals surface area contributed by atoms with Crippen molar-refractivity contribution in [3.05, 3.63) is 83.9 Å². The van der Waals surface area contributed by atoms with Gasteiger partial charge in [-0.25, -0.2) is 9.59 Å². The van der Waals surface area contributed by atoms with Gasteiger partial charge in [0.1, 0.15) is 18.3 Å². The van der Waals surface area contributed by atoms with E-state index in [4.69, 9.17) is 18.9 Å². The third-order valence-electron chi connectivity index (χ3n) is 5.05. The lowest BCUT2D eigenvalue weighted by molar-refractivity contribution is -0.148. The number of benzene rings is 2. The Balaban J connectivity index is 1.76. The number of carbonyl (C=O) groups excluding carboxylic acids is 2. The van der Waals surface area contributed by atoms with Crippen molar-refractivity contribution in [2.45, 2.75) is 51.8 Å². The maximum atomic E-state index is 12.7. The lowest BCUT2D eigenvalue weighted by Gasteiger charge is -2.23. The van der Waals surface area contributed by atoms with Crippen LogP contribution in [-0.4, -0.2) is 42.6 Å². The van der Waals surface area contributed by atoms with Crippen LogP contribution in [0, 0.1) is 5.92 Å². The standard InChI is InChI=1S/C26H30O6/c1-18(2)21(30-24(27)19-11-7-5-8-12-19)15-16-22(23-17-29-26(3,4)32-23)31-25(28)20-13-9-6-10-14-20/h5-16,18,21-23H,17H2,1-4H3/b16-15-/t21?,22?,23-/m1/s1. The minimum Gasteiger partial charge on any atom is -0.454 e. The molecule has 0 saturated carbocycles. The fraction of sp³-hybridized carbons (Fsp3) is 0.385. The normalized spacial score (nSPS) is 19.6. The van der Waals surface area contributed by atoms with Crippen LogP contribution < -0.4 is 0 Å². The number of hydrogen-bond donors (Lipinski definition) is 0. The van der Waals surface area contributed by atoms with Crippen LogP contribution >= 0.6 is 0 Å². The number of hydrogen-bond acceptors (Lipinski definition) is 6. The Morgan fingerprint density at radius 2 is 1.44 bits per heavy atom. The molecule has 2 aromatic rings. The first-order valence-electron chi connectivity index (χ1n) is 10.8. The number of rotatable bonds is 8. The van der Waals surface area contributed by atoms with Crippen LogP contribution in [0.25, 0.3) is 0 Å².